The van der Waals surface area contributed by atoms with Gasteiger partial charge in [-0.05, 0) is 43.3 Å². The van der Waals surface area contributed by atoms with Gasteiger partial charge in [0.15, 0.2) is 5.82 Å². The Balaban J connectivity index is 1.69. The molecule has 2 aromatic heterocycles. The van der Waals surface area contributed by atoms with Crippen molar-refractivity contribution < 1.29 is 18.0 Å². The van der Waals surface area contributed by atoms with E-state index in [1.807, 2.05) is 0 Å². The van der Waals surface area contributed by atoms with Crippen LogP contribution in [-0.4, -0.2) is 45.4 Å². The summed E-state index contributed by atoms with van der Waals surface area (Å²) >= 11 is 0. The molecule has 156 valence electrons. The number of nitrogens with zero attached hydrogens (tertiary/aromatic N) is 4. The molecule has 4 rings (SSSR count). The Hall–Kier alpha value is -3.27. The van der Waals surface area contributed by atoms with Crippen LogP contribution in [0.25, 0.3) is 11.0 Å². The number of amides is 1. The molecule has 1 unspecified atom stereocenters. The summed E-state index contributed by atoms with van der Waals surface area (Å²) in [6, 6.07) is 6.22. The first kappa shape index (κ1) is 20.0. The molecule has 1 amide bonds. The van der Waals surface area contributed by atoms with E-state index in [-0.39, 0.29) is 11.6 Å². The third-order valence-electron chi connectivity index (χ3n) is 5.13. The zero-order valence-corrected chi connectivity index (χ0v) is 15.9. The van der Waals surface area contributed by atoms with Crippen molar-refractivity contribution in [2.75, 3.05) is 25.0 Å². The molecule has 1 aromatic carbocycles. The standard InChI is InChI=1S/C20H19F3N6O/c21-20(22,23)13-4-2-12(3-5-13)15(10-29-8-1-9-29)28-19-17-16(26-11-27-19)14(18(24)30)6-7-25-17/h2-7,11,15H,1,8-10H2,(H2,24,30)(H,26,27,28). The molecule has 0 radical (unpaired) electrons. The molecule has 0 aliphatic carbocycles. The Morgan fingerprint density at radius 3 is 2.43 bits per heavy atom. The lowest BCUT2D eigenvalue weighted by Crippen LogP contribution is -2.41. The van der Waals surface area contributed by atoms with Crippen LogP contribution in [0.2, 0.25) is 0 Å². The van der Waals surface area contributed by atoms with E-state index < -0.39 is 17.6 Å². The summed E-state index contributed by atoms with van der Waals surface area (Å²) in [5.74, 6) is -0.250. The molecule has 1 atom stereocenters. The van der Waals surface area contributed by atoms with E-state index in [2.05, 4.69) is 25.2 Å². The number of hydrogen-bond acceptors (Lipinski definition) is 6. The zero-order chi connectivity index (χ0) is 21.3. The Morgan fingerprint density at radius 2 is 1.83 bits per heavy atom. The number of nitrogens with one attached hydrogen (secondary N) is 1. The van der Waals surface area contributed by atoms with Gasteiger partial charge in [-0.3, -0.25) is 9.78 Å². The number of halogens is 3. The van der Waals surface area contributed by atoms with Gasteiger partial charge < -0.3 is 16.0 Å². The fourth-order valence-corrected chi connectivity index (χ4v) is 3.39. The molecule has 3 aromatic rings. The van der Waals surface area contributed by atoms with Crippen molar-refractivity contribution in [2.24, 2.45) is 5.73 Å². The topological polar surface area (TPSA) is 97.0 Å². The van der Waals surface area contributed by atoms with Crippen LogP contribution in [0.5, 0.6) is 0 Å². The monoisotopic (exact) mass is 416 g/mol. The number of carbonyl (C=O) groups excluding carboxylic acids is 1. The molecule has 7 nitrogen and oxygen atoms in total. The van der Waals surface area contributed by atoms with Crippen molar-refractivity contribution in [2.45, 2.75) is 18.6 Å². The molecular weight excluding hydrogens is 397 g/mol. The molecule has 0 saturated carbocycles. The lowest BCUT2D eigenvalue weighted by atomic mass is 10.0. The Morgan fingerprint density at radius 1 is 1.10 bits per heavy atom. The Labute approximate surface area is 170 Å². The zero-order valence-electron chi connectivity index (χ0n) is 15.9. The molecule has 3 heterocycles. The molecule has 30 heavy (non-hydrogen) atoms. The molecule has 0 bridgehead atoms. The van der Waals surface area contributed by atoms with Gasteiger partial charge in [0.05, 0.1) is 17.2 Å². The molecule has 3 N–H and O–H groups in total. The number of rotatable bonds is 6. The first-order chi connectivity index (χ1) is 14.3. The van der Waals surface area contributed by atoms with Crippen LogP contribution in [0.4, 0.5) is 19.0 Å². The SMILES string of the molecule is NC(=O)c1ccnc2c(NC(CN3CCC3)c3ccc(C(F)(F)F)cc3)ncnc12. The van der Waals surface area contributed by atoms with Crippen molar-refractivity contribution in [1.29, 1.82) is 0 Å². The van der Waals surface area contributed by atoms with E-state index in [0.29, 0.717) is 29.0 Å². The van der Waals surface area contributed by atoms with Gasteiger partial charge in [0.2, 0.25) is 0 Å². The number of anilines is 1. The van der Waals surface area contributed by atoms with E-state index >= 15 is 0 Å². The van der Waals surface area contributed by atoms with Gasteiger partial charge >= 0.3 is 6.18 Å². The van der Waals surface area contributed by atoms with E-state index in [0.717, 1.165) is 31.6 Å². The van der Waals surface area contributed by atoms with E-state index in [9.17, 15) is 18.0 Å². The normalized spacial score (nSPS) is 15.6. The van der Waals surface area contributed by atoms with Crippen LogP contribution in [0.1, 0.15) is 33.9 Å². The number of carbonyl (C=O) groups is 1. The first-order valence-corrected chi connectivity index (χ1v) is 9.38. The van der Waals surface area contributed by atoms with Crippen LogP contribution in [0, 0.1) is 0 Å². The second-order valence-corrected chi connectivity index (χ2v) is 7.11. The fraction of sp³-hybridized carbons (Fsp3) is 0.300. The van der Waals surface area contributed by atoms with Crippen molar-refractivity contribution in [3.63, 3.8) is 0 Å². The number of aromatic nitrogens is 3. The number of alkyl halides is 3. The molecule has 1 saturated heterocycles. The second kappa shape index (κ2) is 7.86. The van der Waals surface area contributed by atoms with Gasteiger partial charge in [-0.15, -0.1) is 0 Å². The largest absolute Gasteiger partial charge is 0.416 e. The summed E-state index contributed by atoms with van der Waals surface area (Å²) in [7, 11) is 0. The number of primary amides is 1. The summed E-state index contributed by atoms with van der Waals surface area (Å²) in [4.78, 5) is 26.5. The molecular formula is C20H19F3N6O. The summed E-state index contributed by atoms with van der Waals surface area (Å²) in [5.41, 5.74) is 6.31. The summed E-state index contributed by atoms with van der Waals surface area (Å²) < 4.78 is 38.8. The molecule has 1 aliphatic rings. The number of benzene rings is 1. The van der Waals surface area contributed by atoms with Crippen LogP contribution in [0.3, 0.4) is 0 Å². The third kappa shape index (κ3) is 4.04. The van der Waals surface area contributed by atoms with Crippen LogP contribution >= 0.6 is 0 Å². The molecule has 1 aliphatic heterocycles. The molecule has 1 fully saturated rings. The maximum atomic E-state index is 12.9. The predicted octanol–water partition coefficient (Wildman–Crippen LogP) is 3.00. The van der Waals surface area contributed by atoms with Gasteiger partial charge in [-0.2, -0.15) is 13.2 Å². The molecule has 10 heteroatoms. The van der Waals surface area contributed by atoms with Gasteiger partial charge in [-0.25, -0.2) is 9.97 Å². The van der Waals surface area contributed by atoms with Gasteiger partial charge in [0.1, 0.15) is 17.4 Å². The summed E-state index contributed by atoms with van der Waals surface area (Å²) in [6.07, 6.45) is -0.567. The highest BCUT2D eigenvalue weighted by Gasteiger charge is 2.30. The Bertz CT molecular complexity index is 1070. The van der Waals surface area contributed by atoms with Crippen LogP contribution in [-0.2, 0) is 6.18 Å². The van der Waals surface area contributed by atoms with Gasteiger partial charge in [0.25, 0.3) is 5.91 Å². The average molecular weight is 416 g/mol. The first-order valence-electron chi connectivity index (χ1n) is 9.38. The number of nitrogens with two attached hydrogens (primary N) is 1. The van der Waals surface area contributed by atoms with Crippen molar-refractivity contribution in [3.8, 4) is 0 Å². The maximum Gasteiger partial charge on any atom is 0.416 e. The smallest absolute Gasteiger partial charge is 0.366 e. The Kier molecular flexibility index (Phi) is 5.25. The average Bonchev–Trinajstić information content (AvgIpc) is 2.68. The van der Waals surface area contributed by atoms with Crippen molar-refractivity contribution in [3.05, 3.63) is 59.5 Å². The third-order valence-corrected chi connectivity index (χ3v) is 5.13. The highest BCUT2D eigenvalue weighted by molar-refractivity contribution is 6.05. The summed E-state index contributed by atoms with van der Waals surface area (Å²) in [6.45, 7) is 2.44. The minimum absolute atomic E-state index is 0.222. The number of pyridine rings is 1. The van der Waals surface area contributed by atoms with Crippen molar-refractivity contribution in [1.82, 2.24) is 19.9 Å². The molecule has 0 spiro atoms. The van der Waals surface area contributed by atoms with Crippen LogP contribution in [0.15, 0.2) is 42.9 Å². The number of likely N-dealkylation sites (tertiary alicyclic amines) is 1. The fourth-order valence-electron chi connectivity index (χ4n) is 3.39. The van der Waals surface area contributed by atoms with Gasteiger partial charge in [-0.1, -0.05) is 12.1 Å². The van der Waals surface area contributed by atoms with E-state index in [4.69, 9.17) is 5.73 Å². The highest BCUT2D eigenvalue weighted by Crippen LogP contribution is 2.31. The minimum Gasteiger partial charge on any atom is -0.366 e. The quantitative estimate of drug-likeness (QED) is 0.641. The number of fused-ring (bicyclic) bond motifs is 1. The lowest BCUT2D eigenvalue weighted by molar-refractivity contribution is -0.137. The van der Waals surface area contributed by atoms with E-state index in [1.165, 1.54) is 30.7 Å². The second-order valence-electron chi connectivity index (χ2n) is 7.11. The highest BCUT2D eigenvalue weighted by atomic mass is 19.4. The van der Waals surface area contributed by atoms with Gasteiger partial charge in [0, 0.05) is 12.7 Å². The predicted molar refractivity (Wildman–Crippen MR) is 105 cm³/mol. The maximum absolute atomic E-state index is 12.9. The minimum atomic E-state index is -4.39. The van der Waals surface area contributed by atoms with Crippen LogP contribution < -0.4 is 11.1 Å². The van der Waals surface area contributed by atoms with Crippen molar-refractivity contribution >= 4 is 22.8 Å². The lowest BCUT2D eigenvalue weighted by Gasteiger charge is -2.34. The summed E-state index contributed by atoms with van der Waals surface area (Å²) in [5, 5.41) is 3.27. The number of hydrogen-bond donors (Lipinski definition) is 2. The van der Waals surface area contributed by atoms with E-state index in [1.54, 1.807) is 0 Å².